The first kappa shape index (κ1) is 9.40. The molecular weight excluding hydrogens is 150 g/mol. The van der Waals surface area contributed by atoms with Crippen LogP contribution in [-0.2, 0) is 0 Å². The van der Waals surface area contributed by atoms with E-state index >= 15 is 0 Å². The fraction of sp³-hybridized carbons (Fsp3) is 0. The first-order valence-corrected chi connectivity index (χ1v) is 2.88. The topological polar surface area (TPSA) is 0 Å². The van der Waals surface area contributed by atoms with Gasteiger partial charge in [-0.2, -0.15) is 0 Å². The first-order valence-electron chi connectivity index (χ1n) is 2.12. The van der Waals surface area contributed by atoms with Gasteiger partial charge in [0, 0.05) is 16.1 Å². The van der Waals surface area contributed by atoms with Gasteiger partial charge < -0.3 is 0 Å². The molecule has 0 nitrogen and oxygen atoms in total. The third-order valence-electron chi connectivity index (χ3n) is 0.724. The second kappa shape index (κ2) is 4.25. The predicted octanol–water partition coefficient (Wildman–Crippen LogP) is 2.15. The molecule has 43 valence electrons. The van der Waals surface area contributed by atoms with Gasteiger partial charge in [0.05, 0.1) is 0 Å². The number of hydrogen-bond donors (Lipinski definition) is 0. The van der Waals surface area contributed by atoms with E-state index in [-0.39, 0.29) is 18.9 Å². The molecule has 0 spiro atoms. The molecule has 0 aliphatic rings. The molecule has 0 N–H and O–H groups in total. The summed E-state index contributed by atoms with van der Waals surface area (Å²) in [5.41, 5.74) is 0. The van der Waals surface area contributed by atoms with E-state index in [9.17, 15) is 0 Å². The van der Waals surface area contributed by atoms with Crippen LogP contribution in [0.4, 0.5) is 0 Å². The summed E-state index contributed by atoms with van der Waals surface area (Å²) in [6, 6.07) is 7.94. The Morgan fingerprint density at radius 2 is 1.56 bits per heavy atom. The first-order chi connectivity index (χ1) is 3.79. The molecule has 0 amide bonds. The molecule has 1 radical (unpaired) electrons. The Balaban J connectivity index is 0.000000640. The van der Waals surface area contributed by atoms with Gasteiger partial charge in [0.25, 0.3) is 0 Å². The summed E-state index contributed by atoms with van der Waals surface area (Å²) < 4.78 is 0. The van der Waals surface area contributed by atoms with Crippen LogP contribution in [0.25, 0.3) is 0 Å². The van der Waals surface area contributed by atoms with Crippen LogP contribution in [0.3, 0.4) is 0 Å². The van der Waals surface area contributed by atoms with Crippen molar-refractivity contribution >= 4 is 42.1 Å². The number of benzene rings is 1. The number of hydrogen-bond acceptors (Lipinski definition) is 0. The van der Waals surface area contributed by atoms with Gasteiger partial charge in [-0.25, -0.2) is 0 Å². The molecule has 0 fully saturated rings. The molecule has 9 heavy (non-hydrogen) atoms. The van der Waals surface area contributed by atoms with Gasteiger partial charge in [0.15, 0.2) is 0 Å². The van der Waals surface area contributed by atoms with Crippen molar-refractivity contribution in [1.82, 2.24) is 0 Å². The van der Waals surface area contributed by atoms with Crippen molar-refractivity contribution < 1.29 is 0 Å². The Morgan fingerprint density at radius 3 is 1.78 bits per heavy atom. The molecule has 0 aromatic heterocycles. The van der Waals surface area contributed by atoms with Crippen LogP contribution in [0.1, 0.15) is 0 Å². The van der Waals surface area contributed by atoms with Gasteiger partial charge in [0.1, 0.15) is 0 Å². The molecule has 1 aromatic rings. The minimum atomic E-state index is 0. The van der Waals surface area contributed by atoms with Crippen LogP contribution in [-0.4, -0.2) is 18.9 Å². The molecule has 0 atom stereocenters. The van der Waals surface area contributed by atoms with E-state index in [2.05, 4.69) is 6.07 Å². The van der Waals surface area contributed by atoms with Crippen LogP contribution in [0.15, 0.2) is 18.2 Å². The van der Waals surface area contributed by atoms with Gasteiger partial charge in [0.2, 0.25) is 0 Å². The van der Waals surface area contributed by atoms with Crippen LogP contribution in [0, 0.1) is 6.07 Å². The van der Waals surface area contributed by atoms with Gasteiger partial charge in [-0.05, 0) is 12.1 Å². The molecular formula is C6H4Cl2Li. The fourth-order valence-electron chi connectivity index (χ4n) is 0.414. The number of rotatable bonds is 0. The van der Waals surface area contributed by atoms with E-state index < -0.39 is 0 Å². The van der Waals surface area contributed by atoms with Gasteiger partial charge in [-0.3, -0.25) is 0 Å². The molecule has 0 unspecified atom stereocenters. The molecule has 0 aliphatic carbocycles. The normalized spacial score (nSPS) is 8.22. The Hall–Kier alpha value is 0.397. The molecule has 0 heterocycles. The van der Waals surface area contributed by atoms with E-state index in [0.717, 1.165) is 0 Å². The van der Waals surface area contributed by atoms with Crippen molar-refractivity contribution in [2.24, 2.45) is 0 Å². The van der Waals surface area contributed by atoms with E-state index in [1.54, 1.807) is 18.2 Å². The van der Waals surface area contributed by atoms with Gasteiger partial charge in [-0.1, -0.05) is 29.3 Å². The second-order valence-electron chi connectivity index (χ2n) is 1.35. The van der Waals surface area contributed by atoms with E-state index in [1.165, 1.54) is 0 Å². The van der Waals surface area contributed by atoms with Crippen molar-refractivity contribution in [2.45, 2.75) is 0 Å². The molecule has 0 saturated heterocycles. The van der Waals surface area contributed by atoms with Crippen LogP contribution >= 0.6 is 23.2 Å². The van der Waals surface area contributed by atoms with E-state index in [1.807, 2.05) is 0 Å². The fourth-order valence-corrected chi connectivity index (χ4v) is 0.812. The van der Waals surface area contributed by atoms with Crippen molar-refractivity contribution in [3.63, 3.8) is 0 Å². The average Bonchev–Trinajstić information content (AvgIpc) is 1.64. The molecule has 1 rings (SSSR count). The monoisotopic (exact) mass is 153 g/mol. The van der Waals surface area contributed by atoms with Crippen LogP contribution < -0.4 is 0 Å². The summed E-state index contributed by atoms with van der Waals surface area (Å²) in [6.45, 7) is 0. The Labute approximate surface area is 76.3 Å². The van der Waals surface area contributed by atoms with Crippen LogP contribution in [0.2, 0.25) is 10.0 Å². The summed E-state index contributed by atoms with van der Waals surface area (Å²) in [7, 11) is 0. The zero-order valence-electron chi connectivity index (χ0n) is 3.99. The minimum absolute atomic E-state index is 0. The summed E-state index contributed by atoms with van der Waals surface area (Å²) >= 11 is 11.0. The summed E-state index contributed by atoms with van der Waals surface area (Å²) in [4.78, 5) is 0. The maximum atomic E-state index is 5.50. The average molecular weight is 154 g/mol. The molecule has 0 saturated carbocycles. The van der Waals surface area contributed by atoms with E-state index in [4.69, 9.17) is 23.2 Å². The SMILES string of the molecule is Clc1[c]c(Cl)ccc1.[LiH]. The summed E-state index contributed by atoms with van der Waals surface area (Å²) in [6.07, 6.45) is 0. The Bertz CT molecular complexity index is 171. The quantitative estimate of drug-likeness (QED) is 0.502. The van der Waals surface area contributed by atoms with Gasteiger partial charge >= 0.3 is 18.9 Å². The van der Waals surface area contributed by atoms with E-state index in [0.29, 0.717) is 10.0 Å². The number of halogens is 2. The zero-order chi connectivity index (χ0) is 5.98. The molecule has 1 aromatic carbocycles. The Morgan fingerprint density at radius 1 is 1.11 bits per heavy atom. The zero-order valence-corrected chi connectivity index (χ0v) is 5.50. The molecule has 0 aliphatic heterocycles. The summed E-state index contributed by atoms with van der Waals surface area (Å²) in [5.74, 6) is 0. The predicted molar refractivity (Wildman–Crippen MR) is 42.4 cm³/mol. The molecule has 3 heteroatoms. The maximum absolute atomic E-state index is 5.50. The summed E-state index contributed by atoms with van der Waals surface area (Å²) in [5, 5.41) is 1.11. The third-order valence-corrected chi connectivity index (χ3v) is 1.16. The van der Waals surface area contributed by atoms with Gasteiger partial charge in [-0.15, -0.1) is 0 Å². The molecule has 0 bridgehead atoms. The standard InChI is InChI=1S/C6H3Cl2.Li.H/c7-5-2-1-3-6(8)4-5;;/h1-3H;;. The second-order valence-corrected chi connectivity index (χ2v) is 2.16. The van der Waals surface area contributed by atoms with Crippen molar-refractivity contribution in [3.05, 3.63) is 34.3 Å². The van der Waals surface area contributed by atoms with Crippen molar-refractivity contribution in [3.8, 4) is 0 Å². The van der Waals surface area contributed by atoms with Crippen molar-refractivity contribution in [2.75, 3.05) is 0 Å². The van der Waals surface area contributed by atoms with Crippen molar-refractivity contribution in [1.29, 1.82) is 0 Å². The third kappa shape index (κ3) is 3.18. The van der Waals surface area contributed by atoms with Crippen LogP contribution in [0.5, 0.6) is 0 Å². The Kier molecular flexibility index (Phi) is 4.44.